The van der Waals surface area contributed by atoms with E-state index in [1.807, 2.05) is 55.5 Å². The van der Waals surface area contributed by atoms with Crippen molar-refractivity contribution < 1.29 is 4.39 Å². The predicted molar refractivity (Wildman–Crippen MR) is 112 cm³/mol. The molecule has 0 saturated heterocycles. The molecule has 130 valence electrons. The van der Waals surface area contributed by atoms with Gasteiger partial charge in [-0.25, -0.2) is 9.38 Å². The molecule has 0 atom stereocenters. The number of nitrogens with zero attached hydrogens (tertiary/aromatic N) is 1. The molecule has 0 fully saturated rings. The minimum atomic E-state index is -0.221. The zero-order chi connectivity index (χ0) is 18.2. The van der Waals surface area contributed by atoms with Crippen LogP contribution in [0.15, 0.2) is 111 Å². The van der Waals surface area contributed by atoms with Crippen LogP contribution in [0.4, 0.5) is 10.1 Å². The Morgan fingerprint density at radius 3 is 2.08 bits per heavy atom. The van der Waals surface area contributed by atoms with E-state index < -0.39 is 0 Å². The number of para-hydroxylation sites is 1. The molecular formula is C22H18FNS2. The third-order valence-electron chi connectivity index (χ3n) is 3.47. The molecule has 0 saturated carbocycles. The van der Waals surface area contributed by atoms with Crippen LogP contribution in [0.3, 0.4) is 0 Å². The second-order valence-corrected chi connectivity index (χ2v) is 7.55. The van der Waals surface area contributed by atoms with Crippen LogP contribution >= 0.6 is 23.5 Å². The minimum Gasteiger partial charge on any atom is -0.241 e. The van der Waals surface area contributed by atoms with Gasteiger partial charge in [-0.2, -0.15) is 0 Å². The van der Waals surface area contributed by atoms with Gasteiger partial charge in [-0.15, -0.1) is 0 Å². The molecule has 4 heteroatoms. The lowest BCUT2D eigenvalue weighted by Crippen LogP contribution is -1.94. The van der Waals surface area contributed by atoms with E-state index in [2.05, 4.69) is 17.5 Å². The van der Waals surface area contributed by atoms with Crippen LogP contribution in [-0.4, -0.2) is 5.04 Å². The normalized spacial score (nSPS) is 12.2. The van der Waals surface area contributed by atoms with Gasteiger partial charge >= 0.3 is 0 Å². The molecule has 0 amide bonds. The van der Waals surface area contributed by atoms with E-state index >= 15 is 0 Å². The Hall–Kier alpha value is -2.30. The monoisotopic (exact) mass is 379 g/mol. The maximum Gasteiger partial charge on any atom is 0.123 e. The highest BCUT2D eigenvalue weighted by molar-refractivity contribution is 8.14. The highest BCUT2D eigenvalue weighted by atomic mass is 32.2. The summed E-state index contributed by atoms with van der Waals surface area (Å²) in [5.74, 6) is -0.221. The van der Waals surface area contributed by atoms with Crippen LogP contribution < -0.4 is 0 Å². The summed E-state index contributed by atoms with van der Waals surface area (Å²) >= 11 is 3.20. The van der Waals surface area contributed by atoms with Gasteiger partial charge in [-0.1, -0.05) is 59.9 Å². The van der Waals surface area contributed by atoms with Crippen molar-refractivity contribution in [1.82, 2.24) is 0 Å². The molecule has 0 aliphatic carbocycles. The molecule has 3 rings (SSSR count). The lowest BCUT2D eigenvalue weighted by atomic mass is 10.3. The van der Waals surface area contributed by atoms with Crippen molar-refractivity contribution in [2.45, 2.75) is 16.7 Å². The van der Waals surface area contributed by atoms with Gasteiger partial charge < -0.3 is 0 Å². The van der Waals surface area contributed by atoms with E-state index in [4.69, 9.17) is 4.99 Å². The highest BCUT2D eigenvalue weighted by Gasteiger charge is 2.06. The van der Waals surface area contributed by atoms with Gasteiger partial charge in [-0.05, 0) is 66.4 Å². The van der Waals surface area contributed by atoms with Gasteiger partial charge in [0, 0.05) is 9.79 Å². The van der Waals surface area contributed by atoms with Gasteiger partial charge in [0.15, 0.2) is 0 Å². The third kappa shape index (κ3) is 5.61. The van der Waals surface area contributed by atoms with Crippen LogP contribution in [0.2, 0.25) is 0 Å². The van der Waals surface area contributed by atoms with E-state index in [1.165, 1.54) is 12.1 Å². The van der Waals surface area contributed by atoms with E-state index in [1.54, 1.807) is 35.7 Å². The van der Waals surface area contributed by atoms with Crippen LogP contribution in [0, 0.1) is 5.82 Å². The minimum absolute atomic E-state index is 0.221. The Morgan fingerprint density at radius 2 is 1.42 bits per heavy atom. The summed E-state index contributed by atoms with van der Waals surface area (Å²) < 4.78 is 13.1. The maximum absolute atomic E-state index is 13.1. The number of rotatable bonds is 5. The molecule has 0 bridgehead atoms. The first kappa shape index (κ1) is 18.5. The molecule has 3 aromatic rings. The fraction of sp³-hybridized carbons (Fsp3) is 0.0455. The third-order valence-corrected chi connectivity index (χ3v) is 5.60. The largest absolute Gasteiger partial charge is 0.241 e. The van der Waals surface area contributed by atoms with E-state index in [9.17, 15) is 4.39 Å². The zero-order valence-corrected chi connectivity index (χ0v) is 15.9. The molecule has 0 spiro atoms. The molecule has 0 unspecified atom stereocenters. The summed E-state index contributed by atoms with van der Waals surface area (Å²) in [5, 5.41) is 3.00. The summed E-state index contributed by atoms with van der Waals surface area (Å²) in [4.78, 5) is 6.95. The van der Waals surface area contributed by atoms with E-state index in [-0.39, 0.29) is 5.82 Å². The fourth-order valence-corrected chi connectivity index (χ4v) is 3.81. The number of aliphatic imine (C=N–C) groups is 1. The fourth-order valence-electron chi connectivity index (χ4n) is 2.13. The smallest absolute Gasteiger partial charge is 0.123 e. The van der Waals surface area contributed by atoms with Gasteiger partial charge in [0.05, 0.1) is 5.69 Å². The Morgan fingerprint density at radius 1 is 0.808 bits per heavy atom. The van der Waals surface area contributed by atoms with Crippen LogP contribution in [-0.2, 0) is 0 Å². The molecule has 0 aliphatic heterocycles. The second kappa shape index (κ2) is 9.41. The Kier molecular flexibility index (Phi) is 6.69. The zero-order valence-electron chi connectivity index (χ0n) is 14.3. The molecule has 26 heavy (non-hydrogen) atoms. The summed E-state index contributed by atoms with van der Waals surface area (Å²) in [7, 11) is 0. The number of hydrogen-bond donors (Lipinski definition) is 0. The van der Waals surface area contributed by atoms with Crippen molar-refractivity contribution in [3.63, 3.8) is 0 Å². The Labute approximate surface area is 162 Å². The average molecular weight is 380 g/mol. The topological polar surface area (TPSA) is 12.4 Å². The summed E-state index contributed by atoms with van der Waals surface area (Å²) in [5.41, 5.74) is 1.99. The van der Waals surface area contributed by atoms with E-state index in [0.717, 1.165) is 26.1 Å². The van der Waals surface area contributed by atoms with Crippen LogP contribution in [0.1, 0.15) is 6.92 Å². The van der Waals surface area contributed by atoms with Crippen molar-refractivity contribution in [2.24, 2.45) is 4.99 Å². The summed E-state index contributed by atoms with van der Waals surface area (Å²) in [6.07, 6.45) is 0. The number of hydrogen-bond acceptors (Lipinski definition) is 3. The molecule has 3 aromatic carbocycles. The molecule has 0 aromatic heterocycles. The van der Waals surface area contributed by atoms with Gasteiger partial charge in [0.2, 0.25) is 0 Å². The summed E-state index contributed by atoms with van der Waals surface area (Å²) in [6, 6.07) is 26.6. The van der Waals surface area contributed by atoms with Crippen LogP contribution in [0.25, 0.3) is 0 Å². The van der Waals surface area contributed by atoms with Crippen LogP contribution in [0.5, 0.6) is 0 Å². The highest BCUT2D eigenvalue weighted by Crippen LogP contribution is 2.29. The maximum atomic E-state index is 13.1. The van der Waals surface area contributed by atoms with Gasteiger partial charge in [0.25, 0.3) is 0 Å². The van der Waals surface area contributed by atoms with Crippen molar-refractivity contribution in [2.75, 3.05) is 0 Å². The second-order valence-electron chi connectivity index (χ2n) is 5.54. The first-order valence-electron chi connectivity index (χ1n) is 8.17. The molecule has 0 N–H and O–H groups in total. The predicted octanol–water partition coefficient (Wildman–Crippen LogP) is 7.34. The number of halogens is 1. The first-order valence-corrected chi connectivity index (χ1v) is 9.86. The number of thioether (sulfide) groups is 2. The van der Waals surface area contributed by atoms with Crippen molar-refractivity contribution >= 4 is 34.3 Å². The Bertz CT molecular complexity index is 888. The van der Waals surface area contributed by atoms with Crippen molar-refractivity contribution in [3.05, 3.63) is 102 Å². The Balaban J connectivity index is 1.85. The molecular weight excluding hydrogens is 361 g/mol. The molecule has 0 heterocycles. The summed E-state index contributed by atoms with van der Waals surface area (Å²) in [6.45, 7) is 2.05. The lowest BCUT2D eigenvalue weighted by Gasteiger charge is -2.08. The molecule has 1 nitrogen and oxygen atoms in total. The van der Waals surface area contributed by atoms with Gasteiger partial charge in [0.1, 0.15) is 10.9 Å². The molecule has 0 aliphatic rings. The SMILES string of the molecule is CC(=CSc1ccc(F)cc1)C(=Nc1ccccc1)Sc1ccccc1. The van der Waals surface area contributed by atoms with Crippen molar-refractivity contribution in [1.29, 1.82) is 0 Å². The molecule has 0 radical (unpaired) electrons. The average Bonchev–Trinajstić information content (AvgIpc) is 2.68. The lowest BCUT2D eigenvalue weighted by molar-refractivity contribution is 0.626. The van der Waals surface area contributed by atoms with Gasteiger partial charge in [-0.3, -0.25) is 0 Å². The standard InChI is InChI=1S/C22H18FNS2/c1-17(16-25-20-14-12-18(23)13-15-20)22(24-19-8-4-2-5-9-19)26-21-10-6-3-7-11-21/h2-16H,1H3. The quantitative estimate of drug-likeness (QED) is 0.261. The first-order chi connectivity index (χ1) is 12.7. The van der Waals surface area contributed by atoms with E-state index in [0.29, 0.717) is 0 Å². The van der Waals surface area contributed by atoms with Crippen molar-refractivity contribution in [3.8, 4) is 0 Å². The number of benzene rings is 3.